The van der Waals surface area contributed by atoms with Crippen LogP contribution >= 0.6 is 0 Å². The molecular formula is C13H19N3O3S. The van der Waals surface area contributed by atoms with E-state index in [-0.39, 0.29) is 0 Å². The molecule has 1 aromatic carbocycles. The Morgan fingerprint density at radius 2 is 2.10 bits per heavy atom. The second-order valence-corrected chi connectivity index (χ2v) is 6.63. The molecule has 0 radical (unpaired) electrons. The number of aromatic nitrogens is 1. The Hall–Kier alpha value is -1.57. The van der Waals surface area contributed by atoms with Crippen molar-refractivity contribution in [3.63, 3.8) is 0 Å². The number of fused-ring (bicyclic) bond motifs is 1. The number of hydrogen-bond acceptors (Lipinski definition) is 3. The monoisotopic (exact) mass is 297 g/mol. The number of rotatable bonds is 6. The summed E-state index contributed by atoms with van der Waals surface area (Å²) in [5.74, 6) is 0.784. The first-order valence-corrected chi connectivity index (χ1v) is 7.69. The third-order valence-corrected chi connectivity index (χ3v) is 4.66. The van der Waals surface area contributed by atoms with E-state index in [1.807, 2.05) is 24.4 Å². The van der Waals surface area contributed by atoms with Crippen LogP contribution in [0, 0.1) is 0 Å². The quantitative estimate of drug-likeness (QED) is 0.839. The Morgan fingerprint density at radius 1 is 1.35 bits per heavy atom. The number of hydrogen-bond donors (Lipinski definition) is 2. The molecule has 0 spiro atoms. The number of nitrogens with one attached hydrogen (secondary N) is 2. The molecule has 0 bridgehead atoms. The lowest BCUT2D eigenvalue weighted by Crippen LogP contribution is -2.36. The zero-order valence-electron chi connectivity index (χ0n) is 11.8. The zero-order valence-corrected chi connectivity index (χ0v) is 12.6. The van der Waals surface area contributed by atoms with Crippen molar-refractivity contribution in [1.82, 2.24) is 14.0 Å². The van der Waals surface area contributed by atoms with Gasteiger partial charge in [-0.25, -0.2) is 4.72 Å². The molecule has 0 aliphatic rings. The fourth-order valence-electron chi connectivity index (χ4n) is 1.94. The Morgan fingerprint density at radius 3 is 2.75 bits per heavy atom. The van der Waals surface area contributed by atoms with E-state index < -0.39 is 10.2 Å². The summed E-state index contributed by atoms with van der Waals surface area (Å²) in [6, 6.07) is 5.78. The molecule has 0 aliphatic carbocycles. The smallest absolute Gasteiger partial charge is 0.278 e. The second-order valence-electron chi connectivity index (χ2n) is 4.66. The summed E-state index contributed by atoms with van der Waals surface area (Å²) >= 11 is 0. The molecule has 6 nitrogen and oxygen atoms in total. The van der Waals surface area contributed by atoms with Gasteiger partial charge in [0.2, 0.25) is 0 Å². The van der Waals surface area contributed by atoms with Gasteiger partial charge >= 0.3 is 0 Å². The van der Waals surface area contributed by atoms with E-state index in [0.717, 1.165) is 26.5 Å². The number of ether oxygens (including phenoxy) is 1. The first kappa shape index (κ1) is 14.8. The minimum atomic E-state index is -3.37. The molecule has 2 aromatic rings. The molecule has 7 heteroatoms. The Bertz CT molecular complexity index is 692. The highest BCUT2D eigenvalue weighted by molar-refractivity contribution is 7.87. The number of methoxy groups -OCH3 is 1. The highest BCUT2D eigenvalue weighted by atomic mass is 32.2. The molecule has 110 valence electrons. The summed E-state index contributed by atoms with van der Waals surface area (Å²) in [6.45, 7) is 0.352. The van der Waals surface area contributed by atoms with Gasteiger partial charge in [-0.15, -0.1) is 0 Å². The average molecular weight is 297 g/mol. The number of nitrogens with zero attached hydrogens (tertiary/aromatic N) is 1. The van der Waals surface area contributed by atoms with Gasteiger partial charge in [0, 0.05) is 37.7 Å². The Balaban J connectivity index is 2.11. The molecule has 0 saturated heterocycles. The summed E-state index contributed by atoms with van der Waals surface area (Å²) in [4.78, 5) is 3.17. The van der Waals surface area contributed by atoms with Crippen LogP contribution in [0.3, 0.4) is 0 Å². The fourth-order valence-corrected chi connectivity index (χ4v) is 2.55. The van der Waals surface area contributed by atoms with Crippen molar-refractivity contribution < 1.29 is 13.2 Å². The van der Waals surface area contributed by atoms with Crippen molar-refractivity contribution in [2.75, 3.05) is 27.7 Å². The number of aromatic amines is 1. The molecule has 1 aromatic heterocycles. The molecule has 20 heavy (non-hydrogen) atoms. The minimum Gasteiger partial charge on any atom is -0.497 e. The highest BCUT2D eigenvalue weighted by Crippen LogP contribution is 2.23. The van der Waals surface area contributed by atoms with Crippen molar-refractivity contribution in [1.29, 1.82) is 0 Å². The molecular weight excluding hydrogens is 278 g/mol. The van der Waals surface area contributed by atoms with Gasteiger partial charge in [0.25, 0.3) is 10.2 Å². The van der Waals surface area contributed by atoms with Crippen LogP contribution < -0.4 is 9.46 Å². The topological polar surface area (TPSA) is 74.4 Å². The lowest BCUT2D eigenvalue weighted by Gasteiger charge is -2.11. The third-order valence-electron chi connectivity index (χ3n) is 3.13. The molecule has 0 atom stereocenters. The lowest BCUT2D eigenvalue weighted by atomic mass is 10.1. The van der Waals surface area contributed by atoms with Crippen molar-refractivity contribution in [2.24, 2.45) is 0 Å². The van der Waals surface area contributed by atoms with Gasteiger partial charge in [-0.2, -0.15) is 12.7 Å². The SMILES string of the molecule is COc1ccc2[nH]cc(CCNS(=O)(=O)N(C)C)c2c1. The Labute approximate surface area is 118 Å². The highest BCUT2D eigenvalue weighted by Gasteiger charge is 2.12. The fraction of sp³-hybridized carbons (Fsp3) is 0.385. The Kier molecular flexibility index (Phi) is 4.32. The van der Waals surface area contributed by atoms with Crippen LogP contribution in [0.5, 0.6) is 5.75 Å². The van der Waals surface area contributed by atoms with Crippen molar-refractivity contribution in [3.05, 3.63) is 30.0 Å². The number of benzene rings is 1. The maximum atomic E-state index is 11.6. The van der Waals surface area contributed by atoms with E-state index in [1.54, 1.807) is 7.11 Å². The molecule has 0 saturated carbocycles. The summed E-state index contributed by atoms with van der Waals surface area (Å²) in [7, 11) is 1.25. The van der Waals surface area contributed by atoms with Gasteiger partial charge in [0.15, 0.2) is 0 Å². The van der Waals surface area contributed by atoms with E-state index in [9.17, 15) is 8.42 Å². The summed E-state index contributed by atoms with van der Waals surface area (Å²) in [5.41, 5.74) is 2.07. The van der Waals surface area contributed by atoms with Crippen LogP contribution in [0.15, 0.2) is 24.4 Å². The van der Waals surface area contributed by atoms with Crippen molar-refractivity contribution in [3.8, 4) is 5.75 Å². The van der Waals surface area contributed by atoms with Crippen molar-refractivity contribution in [2.45, 2.75) is 6.42 Å². The van der Waals surface area contributed by atoms with E-state index in [2.05, 4.69) is 9.71 Å². The van der Waals surface area contributed by atoms with Crippen LogP contribution in [-0.2, 0) is 16.6 Å². The van der Waals surface area contributed by atoms with Gasteiger partial charge in [-0.05, 0) is 30.2 Å². The maximum Gasteiger partial charge on any atom is 0.278 e. The largest absolute Gasteiger partial charge is 0.497 e. The zero-order chi connectivity index (χ0) is 14.8. The maximum absolute atomic E-state index is 11.6. The van der Waals surface area contributed by atoms with Gasteiger partial charge in [-0.1, -0.05) is 0 Å². The molecule has 2 N–H and O–H groups in total. The van der Waals surface area contributed by atoms with E-state index in [0.29, 0.717) is 13.0 Å². The van der Waals surface area contributed by atoms with Crippen LogP contribution in [-0.4, -0.2) is 45.5 Å². The molecule has 0 fully saturated rings. The van der Waals surface area contributed by atoms with Gasteiger partial charge < -0.3 is 9.72 Å². The van der Waals surface area contributed by atoms with Crippen LogP contribution in [0.4, 0.5) is 0 Å². The predicted octanol–water partition coefficient (Wildman–Crippen LogP) is 1.11. The van der Waals surface area contributed by atoms with Crippen LogP contribution in [0.1, 0.15) is 5.56 Å². The summed E-state index contributed by atoms with van der Waals surface area (Å²) < 4.78 is 32.1. The van der Waals surface area contributed by atoms with Gasteiger partial charge in [-0.3, -0.25) is 0 Å². The van der Waals surface area contributed by atoms with Gasteiger partial charge in [0.05, 0.1) is 7.11 Å². The van der Waals surface area contributed by atoms with Crippen LogP contribution in [0.25, 0.3) is 10.9 Å². The summed E-state index contributed by atoms with van der Waals surface area (Å²) in [5, 5.41) is 1.05. The molecule has 0 aliphatic heterocycles. The second kappa shape index (κ2) is 5.82. The van der Waals surface area contributed by atoms with E-state index >= 15 is 0 Å². The number of H-pyrrole nitrogens is 1. The molecule has 1 heterocycles. The first-order valence-electron chi connectivity index (χ1n) is 6.25. The van der Waals surface area contributed by atoms with Crippen LogP contribution in [0.2, 0.25) is 0 Å². The molecule has 2 rings (SSSR count). The van der Waals surface area contributed by atoms with E-state index in [4.69, 9.17) is 4.74 Å². The third kappa shape index (κ3) is 3.12. The minimum absolute atomic E-state index is 0.352. The predicted molar refractivity (Wildman–Crippen MR) is 79.2 cm³/mol. The van der Waals surface area contributed by atoms with Gasteiger partial charge in [0.1, 0.15) is 5.75 Å². The molecule has 0 amide bonds. The average Bonchev–Trinajstić information content (AvgIpc) is 2.81. The van der Waals surface area contributed by atoms with Crippen molar-refractivity contribution >= 4 is 21.1 Å². The van der Waals surface area contributed by atoms with E-state index in [1.165, 1.54) is 14.1 Å². The summed E-state index contributed by atoms with van der Waals surface area (Å²) in [6.07, 6.45) is 2.51. The first-order chi connectivity index (χ1) is 9.44. The normalized spacial score (nSPS) is 12.2. The molecule has 0 unspecified atom stereocenters. The lowest BCUT2D eigenvalue weighted by molar-refractivity contribution is 0.415. The standard InChI is InChI=1S/C13H19N3O3S/c1-16(2)20(17,18)15-7-6-10-9-14-13-5-4-11(19-3)8-12(10)13/h4-5,8-9,14-15H,6-7H2,1-3H3.